The van der Waals surface area contributed by atoms with Crippen LogP contribution < -0.4 is 0 Å². The number of aliphatic hydroxyl groups is 7. The lowest BCUT2D eigenvalue weighted by Crippen LogP contribution is -2.61. The minimum Gasteiger partial charge on any atom is -0.462 e. The molecule has 15 heteroatoms. The van der Waals surface area contributed by atoms with E-state index in [-0.39, 0.29) is 19.4 Å². The van der Waals surface area contributed by atoms with Gasteiger partial charge in [0.15, 0.2) is 18.7 Å². The Morgan fingerprint density at radius 1 is 0.458 bits per heavy atom. The summed E-state index contributed by atoms with van der Waals surface area (Å²) in [6.45, 7) is 2.46. The molecule has 0 amide bonds. The molecule has 72 heavy (non-hydrogen) atoms. The minimum atomic E-state index is -1.77. The van der Waals surface area contributed by atoms with E-state index in [2.05, 4.69) is 74.6 Å². The van der Waals surface area contributed by atoms with Gasteiger partial charge in [-0.15, -0.1) is 0 Å². The van der Waals surface area contributed by atoms with Crippen molar-refractivity contribution in [3.8, 4) is 0 Å². The van der Waals surface area contributed by atoms with Crippen LogP contribution in [0.15, 0.2) is 60.8 Å². The van der Waals surface area contributed by atoms with Crippen molar-refractivity contribution >= 4 is 11.9 Å². The van der Waals surface area contributed by atoms with Crippen LogP contribution in [0.25, 0.3) is 0 Å². The van der Waals surface area contributed by atoms with Gasteiger partial charge in [-0.3, -0.25) is 9.59 Å². The van der Waals surface area contributed by atoms with Crippen molar-refractivity contribution in [1.82, 2.24) is 0 Å². The van der Waals surface area contributed by atoms with Gasteiger partial charge >= 0.3 is 11.9 Å². The summed E-state index contributed by atoms with van der Waals surface area (Å²) < 4.78 is 33.6. The molecule has 2 heterocycles. The van der Waals surface area contributed by atoms with E-state index in [9.17, 15) is 45.3 Å². The highest BCUT2D eigenvalue weighted by atomic mass is 16.7. The minimum absolute atomic E-state index is 0.125. The molecule has 0 saturated carbocycles. The Balaban J connectivity index is 1.79. The van der Waals surface area contributed by atoms with Gasteiger partial charge in [0.25, 0.3) is 0 Å². The summed E-state index contributed by atoms with van der Waals surface area (Å²) in [6, 6.07) is 0. The van der Waals surface area contributed by atoms with Crippen molar-refractivity contribution in [3.63, 3.8) is 0 Å². The van der Waals surface area contributed by atoms with E-state index in [1.807, 2.05) is 0 Å². The average molecular weight is 1020 g/mol. The monoisotopic (exact) mass is 1020 g/mol. The predicted octanol–water partition coefficient (Wildman–Crippen LogP) is 8.83. The zero-order valence-electron chi connectivity index (χ0n) is 44.1. The van der Waals surface area contributed by atoms with Crippen molar-refractivity contribution in [2.24, 2.45) is 0 Å². The second-order valence-electron chi connectivity index (χ2n) is 19.4. The first kappa shape index (κ1) is 65.3. The highest BCUT2D eigenvalue weighted by Gasteiger charge is 2.47. The van der Waals surface area contributed by atoms with Gasteiger partial charge in [-0.2, -0.15) is 0 Å². The second-order valence-corrected chi connectivity index (χ2v) is 19.4. The molecule has 0 bridgehead atoms. The van der Waals surface area contributed by atoms with Crippen molar-refractivity contribution < 1.29 is 73.8 Å². The van der Waals surface area contributed by atoms with Crippen LogP contribution in [-0.4, -0.2) is 142 Å². The number of carbonyl (C=O) groups excluding carboxylic acids is 2. The first-order valence-corrected chi connectivity index (χ1v) is 27.9. The standard InChI is InChI=1S/C57H98O15/c1-3-5-7-9-11-13-15-17-19-21-22-24-26-28-30-32-34-36-38-40-49(60)70-45(42-67-48(59)39-37-35-33-31-29-27-25-23-20-18-16-14-12-10-8-6-4-2)43-68-56-55(66)53(64)51(62)47(72-56)44-69-57-54(65)52(63)50(61)46(41-58)71-57/h5,7,11,13,17,19,22,24,28,30,45-47,50-58,61-66H,3-4,6,8-10,12,14-16,18,20-21,23,25-27,29,31-44H2,1-2H3/b7-5-,13-11-,19-17-,24-22-,30-28-. The molecule has 2 aliphatic heterocycles. The SMILES string of the molecule is CC/C=C\C/C=C\C/C=C\C/C=C\C/C=C\CCCCCC(=O)OC(COC(=O)CCCCCCCCCCCCCCCCCCC)COC1OC(COC2OC(CO)C(O)C(O)C2O)C(O)C(O)C1O. The molecule has 2 saturated heterocycles. The van der Waals surface area contributed by atoms with Gasteiger partial charge < -0.3 is 64.2 Å². The third-order valence-electron chi connectivity index (χ3n) is 13.0. The predicted molar refractivity (Wildman–Crippen MR) is 280 cm³/mol. The summed E-state index contributed by atoms with van der Waals surface area (Å²) in [4.78, 5) is 25.8. The molecular formula is C57H98O15. The van der Waals surface area contributed by atoms with Gasteiger partial charge in [0, 0.05) is 12.8 Å². The number of rotatable bonds is 43. The summed E-state index contributed by atoms with van der Waals surface area (Å²) in [5.74, 6) is -0.959. The quantitative estimate of drug-likeness (QED) is 0.0172. The van der Waals surface area contributed by atoms with Crippen LogP contribution in [0.4, 0.5) is 0 Å². The van der Waals surface area contributed by atoms with E-state index in [1.165, 1.54) is 83.5 Å². The maximum absolute atomic E-state index is 13.0. The van der Waals surface area contributed by atoms with Crippen LogP contribution in [0.2, 0.25) is 0 Å². The maximum atomic E-state index is 13.0. The molecule has 0 spiro atoms. The molecule has 0 aromatic heterocycles. The average Bonchev–Trinajstić information content (AvgIpc) is 3.37. The lowest BCUT2D eigenvalue weighted by molar-refractivity contribution is -0.332. The molecular weight excluding hydrogens is 925 g/mol. The summed E-state index contributed by atoms with van der Waals surface area (Å²) in [6.07, 6.45) is 33.8. The summed E-state index contributed by atoms with van der Waals surface area (Å²) in [7, 11) is 0. The molecule has 0 radical (unpaired) electrons. The van der Waals surface area contributed by atoms with Gasteiger partial charge in [0.2, 0.25) is 0 Å². The van der Waals surface area contributed by atoms with Crippen LogP contribution in [0.3, 0.4) is 0 Å². The van der Waals surface area contributed by atoms with E-state index in [1.54, 1.807) is 0 Å². The number of esters is 2. The Bertz CT molecular complexity index is 1480. The fourth-order valence-corrected chi connectivity index (χ4v) is 8.48. The molecule has 11 atom stereocenters. The Morgan fingerprint density at radius 2 is 0.875 bits per heavy atom. The molecule has 2 aliphatic rings. The van der Waals surface area contributed by atoms with Crippen LogP contribution >= 0.6 is 0 Å². The molecule has 0 aromatic carbocycles. The van der Waals surface area contributed by atoms with Crippen LogP contribution in [0.5, 0.6) is 0 Å². The van der Waals surface area contributed by atoms with Crippen molar-refractivity contribution in [2.45, 2.75) is 261 Å². The summed E-state index contributed by atoms with van der Waals surface area (Å²) in [5.41, 5.74) is 0. The highest BCUT2D eigenvalue weighted by molar-refractivity contribution is 5.70. The number of carbonyl (C=O) groups is 2. The van der Waals surface area contributed by atoms with E-state index in [4.69, 9.17) is 28.4 Å². The number of unbranched alkanes of at least 4 members (excludes halogenated alkanes) is 19. The van der Waals surface area contributed by atoms with Gasteiger partial charge in [-0.05, 0) is 57.8 Å². The van der Waals surface area contributed by atoms with Gasteiger partial charge in [-0.1, -0.05) is 184 Å². The number of ether oxygens (including phenoxy) is 6. The largest absolute Gasteiger partial charge is 0.462 e. The van der Waals surface area contributed by atoms with Crippen molar-refractivity contribution in [3.05, 3.63) is 60.8 Å². The molecule has 0 aromatic rings. The fraction of sp³-hybridized carbons (Fsp3) is 0.789. The van der Waals surface area contributed by atoms with Crippen molar-refractivity contribution in [1.29, 1.82) is 0 Å². The molecule has 2 fully saturated rings. The molecule has 2 rings (SSSR count). The maximum Gasteiger partial charge on any atom is 0.306 e. The Morgan fingerprint density at radius 3 is 1.38 bits per heavy atom. The number of aliphatic hydroxyl groups excluding tert-OH is 7. The Kier molecular flexibility index (Phi) is 39.4. The van der Waals surface area contributed by atoms with E-state index in [0.717, 1.165) is 70.6 Å². The first-order valence-electron chi connectivity index (χ1n) is 27.9. The lowest BCUT2D eigenvalue weighted by Gasteiger charge is -2.42. The van der Waals surface area contributed by atoms with Crippen LogP contribution in [0, 0.1) is 0 Å². The second kappa shape index (κ2) is 43.4. The van der Waals surface area contributed by atoms with Crippen LogP contribution in [-0.2, 0) is 38.0 Å². The van der Waals surface area contributed by atoms with Crippen LogP contribution in [0.1, 0.15) is 194 Å². The summed E-state index contributed by atoms with van der Waals surface area (Å²) in [5, 5.41) is 72.2. The smallest absolute Gasteiger partial charge is 0.306 e. The zero-order valence-corrected chi connectivity index (χ0v) is 44.1. The van der Waals surface area contributed by atoms with Gasteiger partial charge in [0.1, 0.15) is 55.4 Å². The topological polar surface area (TPSA) is 231 Å². The Hall–Kier alpha value is -2.80. The van der Waals surface area contributed by atoms with Crippen molar-refractivity contribution in [2.75, 3.05) is 26.4 Å². The molecule has 11 unspecified atom stereocenters. The van der Waals surface area contributed by atoms with E-state index >= 15 is 0 Å². The number of hydrogen-bond donors (Lipinski definition) is 7. The zero-order chi connectivity index (χ0) is 52.4. The number of allylic oxidation sites excluding steroid dienone is 10. The van der Waals surface area contributed by atoms with Gasteiger partial charge in [0.05, 0.1) is 19.8 Å². The summed E-state index contributed by atoms with van der Waals surface area (Å²) >= 11 is 0. The lowest BCUT2D eigenvalue weighted by atomic mass is 9.98. The Labute approximate surface area is 432 Å². The third-order valence-corrected chi connectivity index (χ3v) is 13.0. The fourth-order valence-electron chi connectivity index (χ4n) is 8.48. The third kappa shape index (κ3) is 30.5. The highest BCUT2D eigenvalue weighted by Crippen LogP contribution is 2.26. The molecule has 7 N–H and O–H groups in total. The van der Waals surface area contributed by atoms with E-state index < -0.39 is 99.3 Å². The normalized spacial score (nSPS) is 25.5. The van der Waals surface area contributed by atoms with Gasteiger partial charge in [-0.25, -0.2) is 0 Å². The van der Waals surface area contributed by atoms with E-state index in [0.29, 0.717) is 12.8 Å². The molecule has 416 valence electrons. The molecule has 15 nitrogen and oxygen atoms in total. The number of hydrogen-bond acceptors (Lipinski definition) is 15. The first-order chi connectivity index (χ1) is 35.0. The molecule has 0 aliphatic carbocycles.